The van der Waals surface area contributed by atoms with Crippen molar-refractivity contribution in [3.8, 4) is 0 Å². The van der Waals surface area contributed by atoms with Crippen molar-refractivity contribution >= 4 is 0 Å². The molecule has 2 aromatic rings. The number of ether oxygens (including phenoxy) is 1. The summed E-state index contributed by atoms with van der Waals surface area (Å²) in [5, 5.41) is 10.5. The number of aryl methyl sites for hydroxylation is 1. The molecule has 2 heteroatoms. The summed E-state index contributed by atoms with van der Waals surface area (Å²) in [6, 6.07) is 16.6. The number of fused-ring (bicyclic) bond motifs is 1. The van der Waals surface area contributed by atoms with Crippen molar-refractivity contribution in [2.24, 2.45) is 0 Å². The number of aliphatic hydroxyl groups is 1. The van der Waals surface area contributed by atoms with Gasteiger partial charge in [-0.2, -0.15) is 0 Å². The van der Waals surface area contributed by atoms with Gasteiger partial charge in [0.05, 0.1) is 12.7 Å². The van der Waals surface area contributed by atoms with Crippen LogP contribution in [0, 0.1) is 6.92 Å². The lowest BCUT2D eigenvalue weighted by molar-refractivity contribution is -0.0460. The first kappa shape index (κ1) is 13.3. The van der Waals surface area contributed by atoms with E-state index in [0.717, 1.165) is 17.5 Å². The Kier molecular flexibility index (Phi) is 3.86. The Morgan fingerprint density at radius 1 is 1.20 bits per heavy atom. The highest BCUT2D eigenvalue weighted by molar-refractivity contribution is 5.32. The summed E-state index contributed by atoms with van der Waals surface area (Å²) in [6.45, 7) is 2.76. The van der Waals surface area contributed by atoms with Gasteiger partial charge < -0.3 is 9.84 Å². The standard InChI is InChI=1S/C18H20O2/c1-13-5-4-6-14(11-13)12-17(19)18-16-8-3-2-7-15(16)9-10-20-18/h2-8,11,17-19H,9-10,12H2,1H3. The minimum Gasteiger partial charge on any atom is -0.390 e. The second kappa shape index (κ2) is 5.78. The first-order valence-electron chi connectivity index (χ1n) is 7.17. The number of hydrogen-bond donors (Lipinski definition) is 1. The van der Waals surface area contributed by atoms with Crippen molar-refractivity contribution in [1.82, 2.24) is 0 Å². The highest BCUT2D eigenvalue weighted by Crippen LogP contribution is 2.30. The molecule has 1 aliphatic heterocycles. The molecule has 0 saturated heterocycles. The lowest BCUT2D eigenvalue weighted by Crippen LogP contribution is -2.28. The Morgan fingerprint density at radius 2 is 2.05 bits per heavy atom. The summed E-state index contributed by atoms with van der Waals surface area (Å²) in [6.07, 6.45) is 0.851. The second-order valence-electron chi connectivity index (χ2n) is 5.50. The fourth-order valence-corrected chi connectivity index (χ4v) is 2.93. The normalized spacial score (nSPS) is 19.4. The predicted molar refractivity (Wildman–Crippen MR) is 79.7 cm³/mol. The van der Waals surface area contributed by atoms with Gasteiger partial charge in [-0.15, -0.1) is 0 Å². The first-order chi connectivity index (χ1) is 9.74. The minimum atomic E-state index is -0.502. The topological polar surface area (TPSA) is 29.5 Å². The molecule has 0 saturated carbocycles. The zero-order chi connectivity index (χ0) is 13.9. The molecule has 104 valence electrons. The maximum absolute atomic E-state index is 10.5. The molecule has 2 atom stereocenters. The Labute approximate surface area is 120 Å². The summed E-state index contributed by atoms with van der Waals surface area (Å²) in [4.78, 5) is 0. The monoisotopic (exact) mass is 268 g/mol. The van der Waals surface area contributed by atoms with Crippen LogP contribution in [0.3, 0.4) is 0 Å². The Hall–Kier alpha value is -1.64. The molecule has 1 heterocycles. The van der Waals surface area contributed by atoms with Gasteiger partial charge in [-0.25, -0.2) is 0 Å². The van der Waals surface area contributed by atoms with Crippen LogP contribution in [0.4, 0.5) is 0 Å². The molecule has 20 heavy (non-hydrogen) atoms. The molecular weight excluding hydrogens is 248 g/mol. The van der Waals surface area contributed by atoms with E-state index in [1.807, 2.05) is 18.2 Å². The van der Waals surface area contributed by atoms with E-state index in [1.165, 1.54) is 11.1 Å². The van der Waals surface area contributed by atoms with Crippen molar-refractivity contribution in [2.75, 3.05) is 6.61 Å². The highest BCUT2D eigenvalue weighted by atomic mass is 16.5. The smallest absolute Gasteiger partial charge is 0.109 e. The van der Waals surface area contributed by atoms with Crippen LogP contribution in [0.2, 0.25) is 0 Å². The van der Waals surface area contributed by atoms with Crippen LogP contribution in [0.25, 0.3) is 0 Å². The van der Waals surface area contributed by atoms with Crippen LogP contribution in [0.5, 0.6) is 0 Å². The quantitative estimate of drug-likeness (QED) is 0.926. The van der Waals surface area contributed by atoms with Crippen LogP contribution in [-0.4, -0.2) is 17.8 Å². The van der Waals surface area contributed by atoms with Gasteiger partial charge >= 0.3 is 0 Å². The summed E-state index contributed by atoms with van der Waals surface area (Å²) in [5.41, 5.74) is 4.81. The maximum atomic E-state index is 10.5. The largest absolute Gasteiger partial charge is 0.390 e. The van der Waals surface area contributed by atoms with Crippen LogP contribution in [0.15, 0.2) is 48.5 Å². The Bertz CT molecular complexity index is 591. The Balaban J connectivity index is 1.80. The van der Waals surface area contributed by atoms with Crippen molar-refractivity contribution < 1.29 is 9.84 Å². The van der Waals surface area contributed by atoms with Crippen LogP contribution < -0.4 is 0 Å². The molecule has 3 rings (SSSR count). The van der Waals surface area contributed by atoms with Crippen molar-refractivity contribution in [1.29, 1.82) is 0 Å². The van der Waals surface area contributed by atoms with Crippen LogP contribution in [0.1, 0.15) is 28.4 Å². The molecule has 1 aliphatic rings. The van der Waals surface area contributed by atoms with E-state index in [9.17, 15) is 5.11 Å². The molecule has 0 fully saturated rings. The van der Waals surface area contributed by atoms with E-state index in [-0.39, 0.29) is 6.10 Å². The van der Waals surface area contributed by atoms with Gasteiger partial charge in [0.2, 0.25) is 0 Å². The van der Waals surface area contributed by atoms with Crippen molar-refractivity contribution in [3.63, 3.8) is 0 Å². The van der Waals surface area contributed by atoms with E-state index in [2.05, 4.69) is 37.3 Å². The van der Waals surface area contributed by atoms with Gasteiger partial charge in [0.1, 0.15) is 6.10 Å². The lowest BCUT2D eigenvalue weighted by atomic mass is 9.91. The lowest BCUT2D eigenvalue weighted by Gasteiger charge is -2.29. The fraction of sp³-hybridized carbons (Fsp3) is 0.333. The van der Waals surface area contributed by atoms with Gasteiger partial charge in [-0.1, -0.05) is 54.1 Å². The average Bonchev–Trinajstić information content (AvgIpc) is 2.46. The Morgan fingerprint density at radius 3 is 2.90 bits per heavy atom. The molecule has 0 radical (unpaired) electrons. The molecule has 2 unspecified atom stereocenters. The second-order valence-corrected chi connectivity index (χ2v) is 5.50. The zero-order valence-electron chi connectivity index (χ0n) is 11.8. The molecule has 0 amide bonds. The van der Waals surface area contributed by atoms with E-state index < -0.39 is 6.10 Å². The van der Waals surface area contributed by atoms with Crippen molar-refractivity contribution in [3.05, 3.63) is 70.8 Å². The molecule has 2 nitrogen and oxygen atoms in total. The zero-order valence-corrected chi connectivity index (χ0v) is 11.8. The first-order valence-corrected chi connectivity index (χ1v) is 7.17. The number of aliphatic hydroxyl groups excluding tert-OH is 1. The molecule has 0 spiro atoms. The van der Waals surface area contributed by atoms with E-state index in [4.69, 9.17) is 4.74 Å². The fourth-order valence-electron chi connectivity index (χ4n) is 2.93. The molecule has 0 aliphatic carbocycles. The summed E-state index contributed by atoms with van der Waals surface area (Å²) in [5.74, 6) is 0. The molecular formula is C18H20O2. The predicted octanol–water partition coefficient (Wildman–Crippen LogP) is 3.21. The third-order valence-electron chi connectivity index (χ3n) is 3.91. The van der Waals surface area contributed by atoms with Gasteiger partial charge in [0.25, 0.3) is 0 Å². The molecule has 0 bridgehead atoms. The maximum Gasteiger partial charge on any atom is 0.109 e. The average molecular weight is 268 g/mol. The van der Waals surface area contributed by atoms with Gasteiger partial charge in [0, 0.05) is 6.42 Å². The van der Waals surface area contributed by atoms with Gasteiger partial charge in [0.15, 0.2) is 0 Å². The summed E-state index contributed by atoms with van der Waals surface area (Å²) in [7, 11) is 0. The van der Waals surface area contributed by atoms with Crippen LogP contribution in [-0.2, 0) is 17.6 Å². The molecule has 0 aromatic heterocycles. The summed E-state index contributed by atoms with van der Waals surface area (Å²) >= 11 is 0. The van der Waals surface area contributed by atoms with Crippen molar-refractivity contribution in [2.45, 2.75) is 32.0 Å². The highest BCUT2D eigenvalue weighted by Gasteiger charge is 2.27. The van der Waals surface area contributed by atoms with Gasteiger partial charge in [-0.05, 0) is 30.0 Å². The SMILES string of the molecule is Cc1cccc(CC(O)C2OCCc3ccccc32)c1. The van der Waals surface area contributed by atoms with E-state index in [1.54, 1.807) is 0 Å². The number of benzene rings is 2. The molecule has 1 N–H and O–H groups in total. The molecule has 2 aromatic carbocycles. The number of hydrogen-bond acceptors (Lipinski definition) is 2. The minimum absolute atomic E-state index is 0.208. The number of rotatable bonds is 3. The van der Waals surface area contributed by atoms with E-state index in [0.29, 0.717) is 13.0 Å². The third-order valence-corrected chi connectivity index (χ3v) is 3.91. The van der Waals surface area contributed by atoms with Gasteiger partial charge in [-0.3, -0.25) is 0 Å². The van der Waals surface area contributed by atoms with Crippen LogP contribution >= 0.6 is 0 Å². The van der Waals surface area contributed by atoms with E-state index >= 15 is 0 Å². The summed E-state index contributed by atoms with van der Waals surface area (Å²) < 4.78 is 5.82. The third kappa shape index (κ3) is 2.77.